The molecule has 0 aliphatic carbocycles. The van der Waals surface area contributed by atoms with Crippen molar-refractivity contribution in [1.29, 1.82) is 0 Å². The van der Waals surface area contributed by atoms with Crippen LogP contribution in [-0.4, -0.2) is 28.6 Å². The summed E-state index contributed by atoms with van der Waals surface area (Å²) in [5.74, 6) is 0.853. The molecular weight excluding hydrogens is 461 g/mol. The number of guanidine groups is 1. The third-order valence-electron chi connectivity index (χ3n) is 4.30. The summed E-state index contributed by atoms with van der Waals surface area (Å²) in [4.78, 5) is 8.90. The molecule has 3 rings (SSSR count). The summed E-state index contributed by atoms with van der Waals surface area (Å²) in [7, 11) is 0. The van der Waals surface area contributed by atoms with Gasteiger partial charge in [-0.05, 0) is 37.0 Å². The summed E-state index contributed by atoms with van der Waals surface area (Å²) in [6.45, 7) is 4.43. The quantitative estimate of drug-likeness (QED) is 0.216. The Morgan fingerprint density at radius 1 is 1.04 bits per heavy atom. The molecule has 0 saturated carbocycles. The Bertz CT molecular complexity index is 831. The van der Waals surface area contributed by atoms with Crippen LogP contribution in [0.5, 0.6) is 0 Å². The standard InChI is InChI=1S/C22H27N5.HI/c1-2-24-22(25-14-8-11-19-9-4-3-5-10-19)26-17-20-12-6-7-13-21(20)27-16-15-23-18-27;/h3-7,9-10,12-13,15-16,18H,2,8,11,14,17H2,1H3,(H2,24,25,26);1H. The van der Waals surface area contributed by atoms with Gasteiger partial charge in [-0.1, -0.05) is 48.5 Å². The zero-order valence-corrected chi connectivity index (χ0v) is 18.5. The molecule has 28 heavy (non-hydrogen) atoms. The molecule has 0 saturated heterocycles. The molecule has 0 aliphatic heterocycles. The van der Waals surface area contributed by atoms with Crippen LogP contribution in [0.15, 0.2) is 78.3 Å². The summed E-state index contributed by atoms with van der Waals surface area (Å²) in [5.41, 5.74) is 3.64. The minimum Gasteiger partial charge on any atom is -0.357 e. The number of hydrogen-bond donors (Lipinski definition) is 2. The fourth-order valence-corrected chi connectivity index (χ4v) is 2.95. The van der Waals surface area contributed by atoms with E-state index in [2.05, 4.69) is 65.0 Å². The number of rotatable bonds is 8. The Hall–Kier alpha value is -2.35. The second-order valence-electron chi connectivity index (χ2n) is 6.31. The van der Waals surface area contributed by atoms with Gasteiger partial charge in [-0.3, -0.25) is 0 Å². The number of benzene rings is 2. The summed E-state index contributed by atoms with van der Waals surface area (Å²) in [6.07, 6.45) is 7.69. The molecule has 5 nitrogen and oxygen atoms in total. The van der Waals surface area contributed by atoms with Crippen molar-refractivity contribution < 1.29 is 0 Å². The molecule has 1 aromatic heterocycles. The van der Waals surface area contributed by atoms with Crippen molar-refractivity contribution in [3.63, 3.8) is 0 Å². The van der Waals surface area contributed by atoms with E-state index in [0.717, 1.165) is 43.1 Å². The molecule has 148 valence electrons. The second-order valence-corrected chi connectivity index (χ2v) is 6.31. The minimum atomic E-state index is 0. The highest BCUT2D eigenvalue weighted by molar-refractivity contribution is 14.0. The lowest BCUT2D eigenvalue weighted by Crippen LogP contribution is -2.37. The first-order chi connectivity index (χ1) is 13.4. The number of imidazole rings is 1. The summed E-state index contributed by atoms with van der Waals surface area (Å²) >= 11 is 0. The maximum absolute atomic E-state index is 4.76. The average Bonchev–Trinajstić information content (AvgIpc) is 3.25. The Kier molecular flexibility index (Phi) is 9.54. The van der Waals surface area contributed by atoms with E-state index in [-0.39, 0.29) is 24.0 Å². The van der Waals surface area contributed by atoms with Crippen molar-refractivity contribution in [2.45, 2.75) is 26.3 Å². The fraction of sp³-hybridized carbons (Fsp3) is 0.273. The molecule has 0 radical (unpaired) electrons. The van der Waals surface area contributed by atoms with Crippen molar-refractivity contribution in [3.8, 4) is 5.69 Å². The number of halogens is 1. The minimum absolute atomic E-state index is 0. The molecule has 2 aromatic carbocycles. The van der Waals surface area contributed by atoms with Gasteiger partial charge < -0.3 is 15.2 Å². The topological polar surface area (TPSA) is 54.2 Å². The van der Waals surface area contributed by atoms with Gasteiger partial charge in [-0.2, -0.15) is 0 Å². The molecule has 2 N–H and O–H groups in total. The van der Waals surface area contributed by atoms with Gasteiger partial charge in [-0.25, -0.2) is 9.98 Å². The molecular formula is C22H28IN5. The summed E-state index contributed by atoms with van der Waals surface area (Å²) < 4.78 is 2.02. The number of hydrogen-bond acceptors (Lipinski definition) is 2. The Balaban J connectivity index is 0.00000280. The van der Waals surface area contributed by atoms with Crippen LogP contribution >= 0.6 is 24.0 Å². The van der Waals surface area contributed by atoms with E-state index in [1.807, 2.05) is 29.2 Å². The van der Waals surface area contributed by atoms with Crippen molar-refractivity contribution in [3.05, 3.63) is 84.4 Å². The molecule has 0 aliphatic rings. The SMILES string of the molecule is CCNC(=NCc1ccccc1-n1ccnc1)NCCCc1ccccc1.I. The van der Waals surface area contributed by atoms with Gasteiger partial charge in [0.05, 0.1) is 18.6 Å². The van der Waals surface area contributed by atoms with E-state index in [4.69, 9.17) is 4.99 Å². The molecule has 3 aromatic rings. The first kappa shape index (κ1) is 21.9. The number of para-hydroxylation sites is 1. The third kappa shape index (κ3) is 6.67. The predicted octanol–water partition coefficient (Wildman–Crippen LogP) is 4.18. The van der Waals surface area contributed by atoms with Gasteiger partial charge in [0.2, 0.25) is 0 Å². The summed E-state index contributed by atoms with van der Waals surface area (Å²) in [5, 5.41) is 6.76. The maximum atomic E-state index is 4.76. The van der Waals surface area contributed by atoms with E-state index >= 15 is 0 Å². The Morgan fingerprint density at radius 2 is 1.82 bits per heavy atom. The van der Waals surface area contributed by atoms with Crippen molar-refractivity contribution in [2.75, 3.05) is 13.1 Å². The lowest BCUT2D eigenvalue weighted by Gasteiger charge is -2.13. The molecule has 6 heteroatoms. The van der Waals surface area contributed by atoms with Crippen molar-refractivity contribution in [2.24, 2.45) is 4.99 Å². The fourth-order valence-electron chi connectivity index (χ4n) is 2.95. The number of aliphatic imine (C=N–C) groups is 1. The monoisotopic (exact) mass is 489 g/mol. The van der Waals surface area contributed by atoms with Crippen LogP contribution in [0.25, 0.3) is 5.69 Å². The van der Waals surface area contributed by atoms with Gasteiger partial charge in [-0.15, -0.1) is 24.0 Å². The van der Waals surface area contributed by atoms with E-state index in [0.29, 0.717) is 6.54 Å². The van der Waals surface area contributed by atoms with Crippen molar-refractivity contribution >= 4 is 29.9 Å². The van der Waals surface area contributed by atoms with Crippen molar-refractivity contribution in [1.82, 2.24) is 20.2 Å². The highest BCUT2D eigenvalue weighted by Crippen LogP contribution is 2.15. The van der Waals surface area contributed by atoms with E-state index in [1.165, 1.54) is 5.56 Å². The second kappa shape index (κ2) is 12.2. The normalized spacial score (nSPS) is 11.0. The lowest BCUT2D eigenvalue weighted by molar-refractivity contribution is 0.743. The van der Waals surface area contributed by atoms with E-state index in [1.54, 1.807) is 6.20 Å². The predicted molar refractivity (Wildman–Crippen MR) is 127 cm³/mol. The Labute approximate surface area is 184 Å². The molecule has 0 fully saturated rings. The molecule has 0 bridgehead atoms. The molecule has 0 unspecified atom stereocenters. The van der Waals surface area contributed by atoms with Crippen LogP contribution in [0.3, 0.4) is 0 Å². The maximum Gasteiger partial charge on any atom is 0.191 e. The van der Waals surface area contributed by atoms with Crippen LogP contribution in [0.2, 0.25) is 0 Å². The van der Waals surface area contributed by atoms with Crippen LogP contribution < -0.4 is 10.6 Å². The van der Waals surface area contributed by atoms with Gasteiger partial charge >= 0.3 is 0 Å². The highest BCUT2D eigenvalue weighted by atomic mass is 127. The molecule has 1 heterocycles. The zero-order valence-electron chi connectivity index (χ0n) is 16.2. The number of aromatic nitrogens is 2. The zero-order chi connectivity index (χ0) is 18.7. The van der Waals surface area contributed by atoms with Gasteiger partial charge in [0.25, 0.3) is 0 Å². The third-order valence-corrected chi connectivity index (χ3v) is 4.30. The van der Waals surface area contributed by atoms with Crippen LogP contribution in [0.4, 0.5) is 0 Å². The molecule has 0 spiro atoms. The van der Waals surface area contributed by atoms with E-state index in [9.17, 15) is 0 Å². The average molecular weight is 489 g/mol. The van der Waals surface area contributed by atoms with Crippen LogP contribution in [0, 0.1) is 0 Å². The number of nitrogens with zero attached hydrogens (tertiary/aromatic N) is 3. The highest BCUT2D eigenvalue weighted by Gasteiger charge is 2.04. The van der Waals surface area contributed by atoms with Crippen LogP contribution in [0.1, 0.15) is 24.5 Å². The smallest absolute Gasteiger partial charge is 0.191 e. The van der Waals surface area contributed by atoms with Gasteiger partial charge in [0, 0.05) is 25.5 Å². The van der Waals surface area contributed by atoms with Crippen LogP contribution in [-0.2, 0) is 13.0 Å². The largest absolute Gasteiger partial charge is 0.357 e. The lowest BCUT2D eigenvalue weighted by atomic mass is 10.1. The molecule has 0 atom stereocenters. The first-order valence-corrected chi connectivity index (χ1v) is 9.49. The molecule has 0 amide bonds. The van der Waals surface area contributed by atoms with Gasteiger partial charge in [0.1, 0.15) is 0 Å². The first-order valence-electron chi connectivity index (χ1n) is 9.49. The Morgan fingerprint density at radius 3 is 2.57 bits per heavy atom. The summed E-state index contributed by atoms with van der Waals surface area (Å²) in [6, 6.07) is 18.9. The number of aryl methyl sites for hydroxylation is 1. The number of nitrogens with one attached hydrogen (secondary N) is 2. The van der Waals surface area contributed by atoms with E-state index < -0.39 is 0 Å². The van der Waals surface area contributed by atoms with Gasteiger partial charge in [0.15, 0.2) is 5.96 Å².